The van der Waals surface area contributed by atoms with E-state index in [1.807, 2.05) is 33.8 Å². The van der Waals surface area contributed by atoms with E-state index in [9.17, 15) is 5.11 Å². The number of rotatable bonds is 1. The van der Waals surface area contributed by atoms with Crippen LogP contribution in [-0.2, 0) is 0 Å². The van der Waals surface area contributed by atoms with Gasteiger partial charge >= 0.3 is 0 Å². The van der Waals surface area contributed by atoms with Gasteiger partial charge in [-0.3, -0.25) is 0 Å². The van der Waals surface area contributed by atoms with Gasteiger partial charge in [0.25, 0.3) is 0 Å². The average molecular weight is 180 g/mol. The predicted octanol–water partition coefficient (Wildman–Crippen LogP) is 2.88. The van der Waals surface area contributed by atoms with Crippen molar-refractivity contribution in [2.75, 3.05) is 0 Å². The van der Waals surface area contributed by atoms with E-state index in [4.69, 9.17) is 4.74 Å². The van der Waals surface area contributed by atoms with E-state index >= 15 is 0 Å². The van der Waals surface area contributed by atoms with E-state index in [1.165, 1.54) is 0 Å². The first kappa shape index (κ1) is 9.90. The van der Waals surface area contributed by atoms with Gasteiger partial charge in [0.1, 0.15) is 5.60 Å². The second kappa shape index (κ2) is 3.29. The Morgan fingerprint density at radius 3 is 2.31 bits per heavy atom. The lowest BCUT2D eigenvalue weighted by atomic mass is 10.1. The highest BCUT2D eigenvalue weighted by molar-refractivity contribution is 5.41. The molecule has 72 valence electrons. The molecule has 0 aliphatic carbocycles. The van der Waals surface area contributed by atoms with Crippen LogP contribution in [0.2, 0.25) is 0 Å². The van der Waals surface area contributed by atoms with E-state index < -0.39 is 0 Å². The number of hydrogen-bond donors (Lipinski definition) is 1. The molecule has 0 amide bonds. The van der Waals surface area contributed by atoms with E-state index in [1.54, 1.807) is 12.1 Å². The molecular formula is C11H16O2. The van der Waals surface area contributed by atoms with Gasteiger partial charge in [0.05, 0.1) is 0 Å². The minimum atomic E-state index is -0.271. The number of aromatic hydroxyl groups is 1. The van der Waals surface area contributed by atoms with Crippen LogP contribution in [0, 0.1) is 6.92 Å². The molecule has 0 atom stereocenters. The molecule has 0 saturated carbocycles. The second-order valence-corrected chi connectivity index (χ2v) is 4.19. The van der Waals surface area contributed by atoms with Gasteiger partial charge in [-0.15, -0.1) is 0 Å². The summed E-state index contributed by atoms with van der Waals surface area (Å²) in [5.41, 5.74) is 0.756. The van der Waals surface area contributed by atoms with Crippen LogP contribution < -0.4 is 4.74 Å². The molecule has 0 saturated heterocycles. The summed E-state index contributed by atoms with van der Waals surface area (Å²) in [4.78, 5) is 0. The van der Waals surface area contributed by atoms with Crippen LogP contribution in [0.5, 0.6) is 11.5 Å². The Kier molecular flexibility index (Phi) is 2.50. The molecule has 0 spiro atoms. The van der Waals surface area contributed by atoms with Crippen LogP contribution >= 0.6 is 0 Å². The Morgan fingerprint density at radius 2 is 1.85 bits per heavy atom. The lowest BCUT2D eigenvalue weighted by molar-refractivity contribution is 0.126. The summed E-state index contributed by atoms with van der Waals surface area (Å²) in [6, 6.07) is 5.40. The molecule has 1 aromatic carbocycles. The average Bonchev–Trinajstić information content (AvgIpc) is 1.93. The van der Waals surface area contributed by atoms with Crippen LogP contribution in [0.4, 0.5) is 0 Å². The summed E-state index contributed by atoms with van der Waals surface area (Å²) in [5.74, 6) is 0.744. The van der Waals surface area contributed by atoms with Crippen molar-refractivity contribution in [3.05, 3.63) is 23.8 Å². The van der Waals surface area contributed by atoms with Crippen LogP contribution in [-0.4, -0.2) is 10.7 Å². The first-order chi connectivity index (χ1) is 5.88. The topological polar surface area (TPSA) is 29.5 Å². The first-order valence-corrected chi connectivity index (χ1v) is 4.37. The molecule has 0 heterocycles. The van der Waals surface area contributed by atoms with Gasteiger partial charge in [0, 0.05) is 0 Å². The quantitative estimate of drug-likeness (QED) is 0.720. The largest absolute Gasteiger partial charge is 0.504 e. The zero-order valence-electron chi connectivity index (χ0n) is 8.59. The Hall–Kier alpha value is -1.18. The monoisotopic (exact) mass is 180 g/mol. The maximum absolute atomic E-state index is 9.53. The normalized spacial score (nSPS) is 11.4. The lowest BCUT2D eigenvalue weighted by Gasteiger charge is -2.21. The minimum absolute atomic E-state index is 0.204. The third kappa shape index (κ3) is 2.98. The third-order valence-electron chi connectivity index (χ3n) is 1.53. The van der Waals surface area contributed by atoms with Crippen LogP contribution in [0.1, 0.15) is 26.3 Å². The van der Waals surface area contributed by atoms with Crippen molar-refractivity contribution in [2.24, 2.45) is 0 Å². The second-order valence-electron chi connectivity index (χ2n) is 4.19. The Balaban J connectivity index is 2.90. The van der Waals surface area contributed by atoms with Crippen molar-refractivity contribution >= 4 is 0 Å². The first-order valence-electron chi connectivity index (χ1n) is 4.37. The molecule has 2 nitrogen and oxygen atoms in total. The van der Waals surface area contributed by atoms with Crippen molar-refractivity contribution in [2.45, 2.75) is 33.3 Å². The van der Waals surface area contributed by atoms with Gasteiger partial charge in [-0.2, -0.15) is 0 Å². The molecule has 2 heteroatoms. The van der Waals surface area contributed by atoms with Crippen molar-refractivity contribution in [1.29, 1.82) is 0 Å². The fourth-order valence-corrected chi connectivity index (χ4v) is 1.04. The smallest absolute Gasteiger partial charge is 0.161 e. The van der Waals surface area contributed by atoms with Gasteiger partial charge in [0.15, 0.2) is 11.5 Å². The third-order valence-corrected chi connectivity index (χ3v) is 1.53. The fraction of sp³-hybridized carbons (Fsp3) is 0.455. The van der Waals surface area contributed by atoms with Crippen molar-refractivity contribution in [3.63, 3.8) is 0 Å². The highest BCUT2D eigenvalue weighted by Crippen LogP contribution is 2.29. The van der Waals surface area contributed by atoms with Crippen molar-refractivity contribution in [3.8, 4) is 11.5 Å². The van der Waals surface area contributed by atoms with Crippen molar-refractivity contribution in [1.82, 2.24) is 0 Å². The fourth-order valence-electron chi connectivity index (χ4n) is 1.04. The predicted molar refractivity (Wildman–Crippen MR) is 53.2 cm³/mol. The molecule has 0 radical (unpaired) electrons. The van der Waals surface area contributed by atoms with Gasteiger partial charge < -0.3 is 9.84 Å². The molecule has 0 bridgehead atoms. The van der Waals surface area contributed by atoms with E-state index in [0.29, 0.717) is 5.75 Å². The van der Waals surface area contributed by atoms with Crippen LogP contribution in [0.15, 0.2) is 18.2 Å². The minimum Gasteiger partial charge on any atom is -0.504 e. The molecule has 13 heavy (non-hydrogen) atoms. The highest BCUT2D eigenvalue weighted by Gasteiger charge is 2.13. The number of ether oxygens (including phenoxy) is 1. The maximum atomic E-state index is 9.53. The summed E-state index contributed by atoms with van der Waals surface area (Å²) in [6.07, 6.45) is 0. The maximum Gasteiger partial charge on any atom is 0.161 e. The highest BCUT2D eigenvalue weighted by atomic mass is 16.5. The summed E-state index contributed by atoms with van der Waals surface area (Å²) in [5, 5.41) is 9.53. The van der Waals surface area contributed by atoms with Crippen LogP contribution in [0.3, 0.4) is 0 Å². The molecule has 0 aliphatic heterocycles. The Bertz CT molecular complexity index is 297. The molecule has 1 aromatic rings. The molecule has 0 aliphatic rings. The van der Waals surface area contributed by atoms with Crippen molar-refractivity contribution < 1.29 is 9.84 Å². The summed E-state index contributed by atoms with van der Waals surface area (Å²) < 4.78 is 5.54. The summed E-state index contributed by atoms with van der Waals surface area (Å²) in [6.45, 7) is 7.78. The summed E-state index contributed by atoms with van der Waals surface area (Å²) in [7, 11) is 0. The number of hydrogen-bond acceptors (Lipinski definition) is 2. The van der Waals surface area contributed by atoms with E-state index in [0.717, 1.165) is 5.56 Å². The molecule has 0 unspecified atom stereocenters. The Morgan fingerprint density at radius 1 is 1.23 bits per heavy atom. The van der Waals surface area contributed by atoms with Gasteiger partial charge in [-0.1, -0.05) is 6.07 Å². The number of phenolic OH excluding ortho intramolecular Hbond substituents is 1. The zero-order valence-corrected chi connectivity index (χ0v) is 8.59. The number of benzene rings is 1. The molecule has 1 N–H and O–H groups in total. The lowest BCUT2D eigenvalue weighted by Crippen LogP contribution is -2.22. The van der Waals surface area contributed by atoms with Crippen LogP contribution in [0.25, 0.3) is 0 Å². The molecular weight excluding hydrogens is 164 g/mol. The Labute approximate surface area is 79.2 Å². The molecule has 0 fully saturated rings. The van der Waals surface area contributed by atoms with Gasteiger partial charge in [0.2, 0.25) is 0 Å². The van der Waals surface area contributed by atoms with E-state index in [-0.39, 0.29) is 11.4 Å². The SMILES string of the molecule is Cc1ccc(OC(C)(C)C)c(O)c1. The zero-order chi connectivity index (χ0) is 10.1. The van der Waals surface area contributed by atoms with E-state index in [2.05, 4.69) is 0 Å². The van der Waals surface area contributed by atoms with Gasteiger partial charge in [-0.25, -0.2) is 0 Å². The standard InChI is InChI=1S/C11H16O2/c1-8-5-6-10(9(12)7-8)13-11(2,3)4/h5-7,12H,1-4H3. The number of phenols is 1. The summed E-state index contributed by atoms with van der Waals surface area (Å²) >= 11 is 0. The number of aryl methyl sites for hydroxylation is 1. The molecule has 0 aromatic heterocycles. The van der Waals surface area contributed by atoms with Gasteiger partial charge in [-0.05, 0) is 45.4 Å². The molecule has 1 rings (SSSR count).